The number of amides is 3. The number of nitrogens with one attached hydrogen (secondary N) is 2. The lowest BCUT2D eigenvalue weighted by Gasteiger charge is -2.07. The average Bonchev–Trinajstić information content (AvgIpc) is 2.43. The van der Waals surface area contributed by atoms with Gasteiger partial charge in [-0.15, -0.1) is 0 Å². The zero-order valence-corrected chi connectivity index (χ0v) is 10.4. The number of nitro benzene ring substituents is 1. The van der Waals surface area contributed by atoms with Crippen LogP contribution < -0.4 is 15.4 Å². The Hall–Kier alpha value is -2.68. The molecule has 0 unspecified atom stereocenters. The van der Waals surface area contributed by atoms with Gasteiger partial charge in [0.1, 0.15) is 0 Å². The molecule has 0 saturated heterocycles. The lowest BCUT2D eigenvalue weighted by molar-refractivity contribution is -0.385. The number of aliphatic hydroxyl groups excluding tert-OH is 1. The fraction of sp³-hybridized carbons (Fsp3) is 0.273. The molecule has 0 saturated carbocycles. The Morgan fingerprint density at radius 2 is 2.05 bits per heavy atom. The number of urea groups is 1. The first-order chi connectivity index (χ1) is 9.54. The number of para-hydroxylation sites is 2. The Kier molecular flexibility index (Phi) is 5.91. The smallest absolute Gasteiger partial charge is 0.321 e. The van der Waals surface area contributed by atoms with Gasteiger partial charge in [0.15, 0.2) is 12.4 Å². The minimum absolute atomic E-state index is 0.00409. The van der Waals surface area contributed by atoms with E-state index in [0.29, 0.717) is 0 Å². The summed E-state index contributed by atoms with van der Waals surface area (Å²) in [5.74, 6) is -0.831. The monoisotopic (exact) mass is 283 g/mol. The third kappa shape index (κ3) is 4.90. The molecule has 20 heavy (non-hydrogen) atoms. The van der Waals surface area contributed by atoms with Crippen molar-refractivity contribution in [2.45, 2.75) is 0 Å². The highest BCUT2D eigenvalue weighted by atomic mass is 16.6. The van der Waals surface area contributed by atoms with Gasteiger partial charge in [-0.2, -0.15) is 0 Å². The molecule has 1 rings (SSSR count). The van der Waals surface area contributed by atoms with E-state index in [9.17, 15) is 19.7 Å². The van der Waals surface area contributed by atoms with Crippen molar-refractivity contribution in [1.29, 1.82) is 0 Å². The summed E-state index contributed by atoms with van der Waals surface area (Å²) in [6.07, 6.45) is 0. The third-order valence-electron chi connectivity index (χ3n) is 2.07. The summed E-state index contributed by atoms with van der Waals surface area (Å²) < 4.78 is 4.98. The zero-order valence-electron chi connectivity index (χ0n) is 10.4. The van der Waals surface area contributed by atoms with Gasteiger partial charge >= 0.3 is 11.7 Å². The number of nitrogens with zero attached hydrogens (tertiary/aromatic N) is 1. The molecule has 0 aliphatic carbocycles. The SMILES string of the molecule is O=C(COc1ccccc1[N+](=O)[O-])NC(=O)NCCO. The number of nitro groups is 1. The molecule has 3 amide bonds. The molecule has 0 aliphatic heterocycles. The van der Waals surface area contributed by atoms with Gasteiger partial charge in [0, 0.05) is 12.6 Å². The van der Waals surface area contributed by atoms with E-state index in [1.54, 1.807) is 0 Å². The predicted molar refractivity (Wildman–Crippen MR) is 67.2 cm³/mol. The van der Waals surface area contributed by atoms with Gasteiger partial charge in [0.2, 0.25) is 0 Å². The number of hydrogen-bond acceptors (Lipinski definition) is 6. The molecule has 9 heteroatoms. The maximum Gasteiger partial charge on any atom is 0.321 e. The van der Waals surface area contributed by atoms with Crippen LogP contribution in [-0.2, 0) is 4.79 Å². The van der Waals surface area contributed by atoms with Crippen molar-refractivity contribution >= 4 is 17.6 Å². The number of hydrogen-bond donors (Lipinski definition) is 3. The van der Waals surface area contributed by atoms with E-state index in [2.05, 4.69) is 5.32 Å². The van der Waals surface area contributed by atoms with Crippen molar-refractivity contribution in [2.75, 3.05) is 19.8 Å². The molecule has 0 heterocycles. The van der Waals surface area contributed by atoms with Gasteiger partial charge in [-0.05, 0) is 6.07 Å². The van der Waals surface area contributed by atoms with Crippen molar-refractivity contribution < 1.29 is 24.4 Å². The molecule has 0 fully saturated rings. The van der Waals surface area contributed by atoms with Gasteiger partial charge in [-0.3, -0.25) is 20.2 Å². The lowest BCUT2D eigenvalue weighted by atomic mass is 10.3. The van der Waals surface area contributed by atoms with Gasteiger partial charge in [-0.25, -0.2) is 4.79 Å². The van der Waals surface area contributed by atoms with Crippen LogP contribution in [-0.4, -0.2) is 41.7 Å². The Morgan fingerprint density at radius 3 is 2.70 bits per heavy atom. The van der Waals surface area contributed by atoms with E-state index in [4.69, 9.17) is 9.84 Å². The fourth-order valence-electron chi connectivity index (χ4n) is 1.25. The maximum absolute atomic E-state index is 11.3. The molecule has 0 bridgehead atoms. The normalized spacial score (nSPS) is 9.65. The lowest BCUT2D eigenvalue weighted by Crippen LogP contribution is -2.42. The first kappa shape index (κ1) is 15.4. The maximum atomic E-state index is 11.3. The number of benzene rings is 1. The highest BCUT2D eigenvalue weighted by molar-refractivity contribution is 5.95. The number of carbonyl (C=O) groups excluding carboxylic acids is 2. The second kappa shape index (κ2) is 7.69. The topological polar surface area (TPSA) is 131 Å². The van der Waals surface area contributed by atoms with Crippen molar-refractivity contribution in [3.8, 4) is 5.75 Å². The van der Waals surface area contributed by atoms with E-state index >= 15 is 0 Å². The summed E-state index contributed by atoms with van der Waals surface area (Å²) in [4.78, 5) is 32.5. The minimum Gasteiger partial charge on any atom is -0.477 e. The fourth-order valence-corrected chi connectivity index (χ4v) is 1.25. The molecular formula is C11H13N3O6. The van der Waals surface area contributed by atoms with Crippen LogP contribution in [0.15, 0.2) is 24.3 Å². The Labute approximate surface area is 113 Å². The van der Waals surface area contributed by atoms with E-state index in [-0.39, 0.29) is 24.6 Å². The van der Waals surface area contributed by atoms with Crippen LogP contribution in [0.25, 0.3) is 0 Å². The molecule has 0 spiro atoms. The summed E-state index contributed by atoms with van der Waals surface area (Å²) in [6, 6.07) is 4.79. The van der Waals surface area contributed by atoms with Gasteiger partial charge in [-0.1, -0.05) is 12.1 Å². The van der Waals surface area contributed by atoms with Crippen molar-refractivity contribution in [2.24, 2.45) is 0 Å². The van der Waals surface area contributed by atoms with Crippen molar-refractivity contribution in [3.63, 3.8) is 0 Å². The minimum atomic E-state index is -0.782. The zero-order chi connectivity index (χ0) is 15.0. The van der Waals surface area contributed by atoms with Crippen molar-refractivity contribution in [1.82, 2.24) is 10.6 Å². The van der Waals surface area contributed by atoms with Crippen LogP contribution in [0.1, 0.15) is 0 Å². The second-order valence-corrected chi connectivity index (χ2v) is 3.54. The highest BCUT2D eigenvalue weighted by Crippen LogP contribution is 2.25. The summed E-state index contributed by atoms with van der Waals surface area (Å²) in [6.45, 7) is -0.796. The molecule has 1 aromatic carbocycles. The summed E-state index contributed by atoms with van der Waals surface area (Å²) in [5.41, 5.74) is -0.273. The van der Waals surface area contributed by atoms with E-state index in [0.717, 1.165) is 0 Å². The third-order valence-corrected chi connectivity index (χ3v) is 2.07. The number of rotatable bonds is 6. The van der Waals surface area contributed by atoms with Crippen molar-refractivity contribution in [3.05, 3.63) is 34.4 Å². The Bertz CT molecular complexity index is 505. The number of imide groups is 1. The van der Waals surface area contributed by atoms with Crippen LogP contribution in [0.5, 0.6) is 5.75 Å². The van der Waals surface area contributed by atoms with Crippen LogP contribution >= 0.6 is 0 Å². The Morgan fingerprint density at radius 1 is 1.35 bits per heavy atom. The number of carbonyl (C=O) groups is 2. The molecule has 0 aliphatic rings. The van der Waals surface area contributed by atoms with Gasteiger partial charge < -0.3 is 15.2 Å². The number of aliphatic hydroxyl groups is 1. The average molecular weight is 283 g/mol. The molecule has 3 N–H and O–H groups in total. The summed E-state index contributed by atoms with van der Waals surface area (Å²) in [7, 11) is 0. The first-order valence-electron chi connectivity index (χ1n) is 5.59. The molecule has 108 valence electrons. The predicted octanol–water partition coefficient (Wildman–Crippen LogP) is -0.208. The van der Waals surface area contributed by atoms with E-state index in [1.165, 1.54) is 24.3 Å². The van der Waals surface area contributed by atoms with Crippen LogP contribution in [0, 0.1) is 10.1 Å². The van der Waals surface area contributed by atoms with Crippen LogP contribution in [0.3, 0.4) is 0 Å². The second-order valence-electron chi connectivity index (χ2n) is 3.54. The summed E-state index contributed by atoms with van der Waals surface area (Å²) >= 11 is 0. The molecular weight excluding hydrogens is 270 g/mol. The quantitative estimate of drug-likeness (QED) is 0.489. The molecule has 9 nitrogen and oxygen atoms in total. The van der Waals surface area contributed by atoms with E-state index < -0.39 is 23.5 Å². The largest absolute Gasteiger partial charge is 0.477 e. The van der Waals surface area contributed by atoms with E-state index in [1.807, 2.05) is 5.32 Å². The van der Waals surface area contributed by atoms with Gasteiger partial charge in [0.25, 0.3) is 5.91 Å². The van der Waals surface area contributed by atoms with Crippen LogP contribution in [0.4, 0.5) is 10.5 Å². The molecule has 0 aromatic heterocycles. The van der Waals surface area contributed by atoms with Crippen LogP contribution in [0.2, 0.25) is 0 Å². The summed E-state index contributed by atoms with van der Waals surface area (Å²) in [5, 5.41) is 23.3. The molecule has 0 radical (unpaired) electrons. The highest BCUT2D eigenvalue weighted by Gasteiger charge is 2.15. The Balaban J connectivity index is 2.49. The molecule has 1 aromatic rings. The standard InChI is InChI=1S/C11H13N3O6/c15-6-5-12-11(17)13-10(16)7-20-9-4-2-1-3-8(9)14(18)19/h1-4,15H,5-7H2,(H2,12,13,16,17). The first-order valence-corrected chi connectivity index (χ1v) is 5.59. The van der Waals surface area contributed by atoms with Gasteiger partial charge in [0.05, 0.1) is 11.5 Å². The molecule has 0 atom stereocenters. The number of ether oxygens (including phenoxy) is 1.